The Morgan fingerprint density at radius 3 is 2.00 bits per heavy atom. The van der Waals surface area contributed by atoms with Gasteiger partial charge in [-0.3, -0.25) is 4.79 Å². The Balaban J connectivity index is 2.05. The van der Waals surface area contributed by atoms with Gasteiger partial charge < -0.3 is 23.7 Å². The minimum atomic E-state index is -0.0391. The van der Waals surface area contributed by atoms with E-state index in [9.17, 15) is 4.79 Å². The average molecular weight is 370 g/mol. The minimum Gasteiger partial charge on any atom is -0.493 e. The van der Waals surface area contributed by atoms with Gasteiger partial charge >= 0.3 is 0 Å². The highest BCUT2D eigenvalue weighted by atomic mass is 16.5. The first-order valence-electron chi connectivity index (χ1n) is 8.37. The molecule has 142 valence electrons. The van der Waals surface area contributed by atoms with Crippen LogP contribution in [0.15, 0.2) is 29.8 Å². The second-order valence-corrected chi connectivity index (χ2v) is 5.96. The first-order chi connectivity index (χ1) is 13.1. The van der Waals surface area contributed by atoms with E-state index in [0.717, 1.165) is 11.1 Å². The second kappa shape index (κ2) is 7.61. The van der Waals surface area contributed by atoms with Gasteiger partial charge in [-0.05, 0) is 35.9 Å². The molecule has 0 amide bonds. The predicted octanol–water partition coefficient (Wildman–Crippen LogP) is 3.55. The van der Waals surface area contributed by atoms with Gasteiger partial charge in [0, 0.05) is 23.1 Å². The number of Topliss-reactive ketones (excluding diaryl/α,β-unsaturated/α-hetero) is 1. The lowest BCUT2D eigenvalue weighted by molar-refractivity contribution is 0.104. The fourth-order valence-electron chi connectivity index (χ4n) is 3.28. The molecule has 3 rings (SSSR count). The average Bonchev–Trinajstić information content (AvgIpc) is 3.00. The molecule has 1 aliphatic carbocycles. The van der Waals surface area contributed by atoms with E-state index in [0.29, 0.717) is 46.3 Å². The standard InChI is InChI=1S/C21H22O6/c1-23-16-7-6-12(20(26-4)21(16)27-5)8-14-9-13-10-17(24-2)18(25-3)11-15(13)19(14)22/h6-8,10-11H,9H2,1-5H3/b14-8+. The van der Waals surface area contributed by atoms with E-state index < -0.39 is 0 Å². The molecule has 2 aromatic carbocycles. The number of ketones is 1. The highest BCUT2D eigenvalue weighted by molar-refractivity contribution is 6.16. The SMILES string of the molecule is COc1cc2c(cc1OC)C(=O)/C(=C/c1ccc(OC)c(OC)c1OC)C2. The summed E-state index contributed by atoms with van der Waals surface area (Å²) in [5.74, 6) is 2.67. The molecular weight excluding hydrogens is 348 g/mol. The smallest absolute Gasteiger partial charge is 0.203 e. The number of fused-ring (bicyclic) bond motifs is 1. The van der Waals surface area contributed by atoms with E-state index in [1.54, 1.807) is 47.7 Å². The molecule has 0 fully saturated rings. The number of carbonyl (C=O) groups excluding carboxylic acids is 1. The molecule has 27 heavy (non-hydrogen) atoms. The zero-order valence-electron chi connectivity index (χ0n) is 16.0. The summed E-state index contributed by atoms with van der Waals surface area (Å²) in [5, 5.41) is 0. The van der Waals surface area contributed by atoms with Crippen molar-refractivity contribution in [1.82, 2.24) is 0 Å². The van der Waals surface area contributed by atoms with E-state index in [1.807, 2.05) is 18.2 Å². The van der Waals surface area contributed by atoms with Gasteiger partial charge in [0.25, 0.3) is 0 Å². The topological polar surface area (TPSA) is 63.2 Å². The maximum absolute atomic E-state index is 12.9. The molecule has 2 aromatic rings. The molecule has 0 aromatic heterocycles. The molecule has 6 heteroatoms. The molecule has 0 spiro atoms. The Morgan fingerprint density at radius 1 is 0.778 bits per heavy atom. The Kier molecular flexibility index (Phi) is 5.26. The molecular formula is C21H22O6. The van der Waals surface area contributed by atoms with Crippen LogP contribution in [0.2, 0.25) is 0 Å². The van der Waals surface area contributed by atoms with Crippen molar-refractivity contribution in [2.75, 3.05) is 35.5 Å². The molecule has 0 N–H and O–H groups in total. The normalized spacial score (nSPS) is 14.1. The van der Waals surface area contributed by atoms with Crippen LogP contribution < -0.4 is 23.7 Å². The van der Waals surface area contributed by atoms with E-state index in [1.165, 1.54) is 0 Å². The van der Waals surface area contributed by atoms with E-state index in [2.05, 4.69) is 0 Å². The van der Waals surface area contributed by atoms with Crippen molar-refractivity contribution in [1.29, 1.82) is 0 Å². The number of hydrogen-bond acceptors (Lipinski definition) is 6. The lowest BCUT2D eigenvalue weighted by Crippen LogP contribution is -1.99. The van der Waals surface area contributed by atoms with Crippen molar-refractivity contribution in [3.8, 4) is 28.7 Å². The second-order valence-electron chi connectivity index (χ2n) is 5.96. The number of allylic oxidation sites excluding steroid dienone is 1. The summed E-state index contributed by atoms with van der Waals surface area (Å²) in [4.78, 5) is 12.9. The largest absolute Gasteiger partial charge is 0.493 e. The Labute approximate surface area is 158 Å². The first-order valence-corrected chi connectivity index (χ1v) is 8.37. The van der Waals surface area contributed by atoms with Gasteiger partial charge in [-0.1, -0.05) is 0 Å². The molecule has 1 aliphatic rings. The highest BCUT2D eigenvalue weighted by Gasteiger charge is 2.28. The number of ether oxygens (including phenoxy) is 5. The number of methoxy groups -OCH3 is 5. The van der Waals surface area contributed by atoms with Gasteiger partial charge in [-0.15, -0.1) is 0 Å². The van der Waals surface area contributed by atoms with Crippen LogP contribution in [0.25, 0.3) is 6.08 Å². The van der Waals surface area contributed by atoms with Crippen LogP contribution in [-0.4, -0.2) is 41.3 Å². The lowest BCUT2D eigenvalue weighted by atomic mass is 10.1. The Bertz CT molecular complexity index is 913. The van der Waals surface area contributed by atoms with Crippen LogP contribution in [0.1, 0.15) is 21.5 Å². The van der Waals surface area contributed by atoms with E-state index >= 15 is 0 Å². The molecule has 6 nitrogen and oxygen atoms in total. The fourth-order valence-corrected chi connectivity index (χ4v) is 3.28. The van der Waals surface area contributed by atoms with Gasteiger partial charge in [0.2, 0.25) is 5.75 Å². The molecule has 0 heterocycles. The lowest BCUT2D eigenvalue weighted by Gasteiger charge is -2.14. The number of benzene rings is 2. The predicted molar refractivity (Wildman–Crippen MR) is 102 cm³/mol. The summed E-state index contributed by atoms with van der Waals surface area (Å²) in [6, 6.07) is 7.19. The van der Waals surface area contributed by atoms with Crippen LogP contribution in [0.3, 0.4) is 0 Å². The van der Waals surface area contributed by atoms with Crippen molar-refractivity contribution < 1.29 is 28.5 Å². The van der Waals surface area contributed by atoms with E-state index in [4.69, 9.17) is 23.7 Å². The molecule has 0 radical (unpaired) electrons. The molecule has 0 atom stereocenters. The maximum atomic E-state index is 12.9. The van der Waals surface area contributed by atoms with Gasteiger partial charge in [-0.2, -0.15) is 0 Å². The zero-order chi connectivity index (χ0) is 19.6. The van der Waals surface area contributed by atoms with Crippen LogP contribution in [-0.2, 0) is 6.42 Å². The summed E-state index contributed by atoms with van der Waals surface area (Å²) < 4.78 is 26.9. The third kappa shape index (κ3) is 3.18. The van der Waals surface area contributed by atoms with Gasteiger partial charge in [-0.25, -0.2) is 0 Å². The van der Waals surface area contributed by atoms with Gasteiger partial charge in [0.05, 0.1) is 35.5 Å². The molecule has 0 bridgehead atoms. The van der Waals surface area contributed by atoms with Crippen LogP contribution >= 0.6 is 0 Å². The number of hydrogen-bond donors (Lipinski definition) is 0. The molecule has 0 saturated heterocycles. The van der Waals surface area contributed by atoms with Crippen molar-refractivity contribution in [3.05, 3.63) is 46.5 Å². The van der Waals surface area contributed by atoms with Crippen molar-refractivity contribution in [3.63, 3.8) is 0 Å². The quantitative estimate of drug-likeness (QED) is 0.725. The molecule has 0 aliphatic heterocycles. The maximum Gasteiger partial charge on any atom is 0.203 e. The minimum absolute atomic E-state index is 0.0391. The van der Waals surface area contributed by atoms with Crippen molar-refractivity contribution >= 4 is 11.9 Å². The van der Waals surface area contributed by atoms with Crippen LogP contribution in [0.4, 0.5) is 0 Å². The summed E-state index contributed by atoms with van der Waals surface area (Å²) in [5.41, 5.74) is 2.93. The van der Waals surface area contributed by atoms with Gasteiger partial charge in [0.15, 0.2) is 28.8 Å². The monoisotopic (exact) mass is 370 g/mol. The molecule has 0 saturated carbocycles. The summed E-state index contributed by atoms with van der Waals surface area (Å²) in [6.07, 6.45) is 2.33. The Hall–Kier alpha value is -3.15. The van der Waals surface area contributed by atoms with E-state index in [-0.39, 0.29) is 5.78 Å². The third-order valence-electron chi connectivity index (χ3n) is 4.59. The summed E-state index contributed by atoms with van der Waals surface area (Å²) >= 11 is 0. The van der Waals surface area contributed by atoms with Crippen LogP contribution in [0, 0.1) is 0 Å². The third-order valence-corrected chi connectivity index (χ3v) is 4.59. The Morgan fingerprint density at radius 2 is 1.41 bits per heavy atom. The van der Waals surface area contributed by atoms with Crippen molar-refractivity contribution in [2.45, 2.75) is 6.42 Å². The summed E-state index contributed by atoms with van der Waals surface area (Å²) in [7, 11) is 7.79. The zero-order valence-corrected chi connectivity index (χ0v) is 16.0. The van der Waals surface area contributed by atoms with Gasteiger partial charge in [0.1, 0.15) is 0 Å². The summed E-state index contributed by atoms with van der Waals surface area (Å²) in [6.45, 7) is 0. The number of rotatable bonds is 6. The highest BCUT2D eigenvalue weighted by Crippen LogP contribution is 2.42. The fraction of sp³-hybridized carbons (Fsp3) is 0.286. The first kappa shape index (κ1) is 18.6. The van der Waals surface area contributed by atoms with Crippen LogP contribution in [0.5, 0.6) is 28.7 Å². The number of carbonyl (C=O) groups is 1. The van der Waals surface area contributed by atoms with Crippen molar-refractivity contribution in [2.24, 2.45) is 0 Å². The molecule has 0 unspecified atom stereocenters.